The van der Waals surface area contributed by atoms with E-state index in [4.69, 9.17) is 4.98 Å². The molecule has 3 aromatic rings. The molecule has 1 atom stereocenters. The van der Waals surface area contributed by atoms with Crippen molar-refractivity contribution in [3.8, 4) is 11.5 Å². The van der Waals surface area contributed by atoms with Crippen LogP contribution in [-0.4, -0.2) is 48.4 Å². The van der Waals surface area contributed by atoms with Gasteiger partial charge in [-0.2, -0.15) is 0 Å². The zero-order valence-corrected chi connectivity index (χ0v) is 15.5. The first-order chi connectivity index (χ1) is 13.1. The van der Waals surface area contributed by atoms with Gasteiger partial charge in [0.1, 0.15) is 11.5 Å². The van der Waals surface area contributed by atoms with E-state index >= 15 is 0 Å². The molecule has 0 radical (unpaired) electrons. The minimum absolute atomic E-state index is 0.0408. The van der Waals surface area contributed by atoms with Gasteiger partial charge in [0, 0.05) is 62.1 Å². The van der Waals surface area contributed by atoms with Crippen LogP contribution >= 0.6 is 0 Å². The Kier molecular flexibility index (Phi) is 4.66. The summed E-state index contributed by atoms with van der Waals surface area (Å²) in [5, 5.41) is 0. The second-order valence-corrected chi connectivity index (χ2v) is 6.94. The van der Waals surface area contributed by atoms with E-state index in [0.717, 1.165) is 42.4 Å². The molecule has 0 bridgehead atoms. The Morgan fingerprint density at radius 2 is 2.00 bits per heavy atom. The second-order valence-electron chi connectivity index (χ2n) is 6.94. The quantitative estimate of drug-likeness (QED) is 0.716. The molecule has 1 fully saturated rings. The lowest BCUT2D eigenvalue weighted by molar-refractivity contribution is 0.0704. The van der Waals surface area contributed by atoms with E-state index in [1.807, 2.05) is 35.7 Å². The molecule has 4 heterocycles. The van der Waals surface area contributed by atoms with Crippen LogP contribution in [0.5, 0.6) is 0 Å². The third-order valence-corrected chi connectivity index (χ3v) is 4.92. The Labute approximate surface area is 158 Å². The van der Waals surface area contributed by atoms with Gasteiger partial charge in [-0.15, -0.1) is 0 Å². The average Bonchev–Trinajstić information content (AvgIpc) is 3.14. The van der Waals surface area contributed by atoms with Crippen LogP contribution in [0.1, 0.15) is 40.6 Å². The zero-order chi connectivity index (χ0) is 18.8. The number of hydrogen-bond donors (Lipinski definition) is 0. The Balaban J connectivity index is 1.59. The summed E-state index contributed by atoms with van der Waals surface area (Å²) < 4.78 is 1.95. The normalized spacial score (nSPS) is 17.1. The first-order valence-corrected chi connectivity index (χ1v) is 9.14. The highest BCUT2D eigenvalue weighted by Crippen LogP contribution is 2.27. The molecule has 1 aliphatic rings. The van der Waals surface area contributed by atoms with Gasteiger partial charge in [-0.1, -0.05) is 0 Å². The standard InChI is InChI=1S/C20H22N6O/c1-14-12-17(19-22-9-11-25(19)2)24-18(23-14)16-4-3-10-26(13-16)20(27)15-5-7-21-8-6-15/h5-9,11-12,16H,3-4,10,13H2,1-2H3/t16-/m1/s1. The van der Waals surface area contributed by atoms with Gasteiger partial charge in [-0.05, 0) is 38.0 Å². The van der Waals surface area contributed by atoms with Crippen LogP contribution < -0.4 is 0 Å². The Hall–Kier alpha value is -3.09. The molecule has 7 heteroatoms. The molecule has 27 heavy (non-hydrogen) atoms. The predicted molar refractivity (Wildman–Crippen MR) is 101 cm³/mol. The number of nitrogens with zero attached hydrogens (tertiary/aromatic N) is 6. The number of aromatic nitrogens is 5. The Morgan fingerprint density at radius 1 is 1.19 bits per heavy atom. The van der Waals surface area contributed by atoms with Crippen molar-refractivity contribution >= 4 is 5.91 Å². The number of piperidine rings is 1. The number of imidazole rings is 1. The van der Waals surface area contributed by atoms with E-state index in [1.54, 1.807) is 30.7 Å². The topological polar surface area (TPSA) is 76.8 Å². The van der Waals surface area contributed by atoms with Crippen LogP contribution in [0, 0.1) is 6.92 Å². The van der Waals surface area contributed by atoms with Gasteiger partial charge in [-0.3, -0.25) is 9.78 Å². The van der Waals surface area contributed by atoms with Crippen molar-refractivity contribution in [2.45, 2.75) is 25.7 Å². The molecule has 0 N–H and O–H groups in total. The number of pyridine rings is 1. The number of carbonyl (C=O) groups excluding carboxylic acids is 1. The molecule has 1 aliphatic heterocycles. The number of likely N-dealkylation sites (tertiary alicyclic amines) is 1. The highest BCUT2D eigenvalue weighted by Gasteiger charge is 2.27. The first-order valence-electron chi connectivity index (χ1n) is 9.14. The largest absolute Gasteiger partial charge is 0.338 e. The summed E-state index contributed by atoms with van der Waals surface area (Å²) in [5.41, 5.74) is 2.41. The highest BCUT2D eigenvalue weighted by molar-refractivity contribution is 5.94. The van der Waals surface area contributed by atoms with E-state index in [1.165, 1.54) is 0 Å². The van der Waals surface area contributed by atoms with Crippen molar-refractivity contribution in [2.24, 2.45) is 7.05 Å². The van der Waals surface area contributed by atoms with Crippen LogP contribution in [0.25, 0.3) is 11.5 Å². The van der Waals surface area contributed by atoms with Gasteiger partial charge in [-0.25, -0.2) is 15.0 Å². The van der Waals surface area contributed by atoms with Crippen molar-refractivity contribution in [2.75, 3.05) is 13.1 Å². The highest BCUT2D eigenvalue weighted by atomic mass is 16.2. The fraction of sp³-hybridized carbons (Fsp3) is 0.350. The minimum Gasteiger partial charge on any atom is -0.338 e. The number of hydrogen-bond acceptors (Lipinski definition) is 5. The number of amides is 1. The van der Waals surface area contributed by atoms with Gasteiger partial charge in [0.2, 0.25) is 0 Å². The molecule has 4 rings (SSSR count). The third kappa shape index (κ3) is 3.58. The fourth-order valence-electron chi connectivity index (χ4n) is 3.55. The van der Waals surface area contributed by atoms with E-state index in [9.17, 15) is 4.79 Å². The number of rotatable bonds is 3. The molecule has 0 saturated carbocycles. The second kappa shape index (κ2) is 7.26. The molecule has 1 amide bonds. The molecule has 0 aromatic carbocycles. The summed E-state index contributed by atoms with van der Waals surface area (Å²) in [6.07, 6.45) is 8.89. The minimum atomic E-state index is 0.0408. The van der Waals surface area contributed by atoms with E-state index in [0.29, 0.717) is 12.1 Å². The van der Waals surface area contributed by atoms with Crippen LogP contribution in [0.2, 0.25) is 0 Å². The van der Waals surface area contributed by atoms with Crippen molar-refractivity contribution in [1.82, 2.24) is 29.4 Å². The zero-order valence-electron chi connectivity index (χ0n) is 15.5. The molecular weight excluding hydrogens is 340 g/mol. The lowest BCUT2D eigenvalue weighted by Gasteiger charge is -2.32. The molecular formula is C20H22N6O. The Morgan fingerprint density at radius 3 is 2.74 bits per heavy atom. The summed E-state index contributed by atoms with van der Waals surface area (Å²) in [6.45, 7) is 3.36. The van der Waals surface area contributed by atoms with Crippen LogP contribution in [0.3, 0.4) is 0 Å². The maximum Gasteiger partial charge on any atom is 0.253 e. The summed E-state index contributed by atoms with van der Waals surface area (Å²) in [7, 11) is 1.95. The van der Waals surface area contributed by atoms with E-state index in [2.05, 4.69) is 15.0 Å². The van der Waals surface area contributed by atoms with E-state index < -0.39 is 0 Å². The van der Waals surface area contributed by atoms with Crippen LogP contribution in [0.15, 0.2) is 43.0 Å². The van der Waals surface area contributed by atoms with Crippen LogP contribution in [-0.2, 0) is 7.05 Å². The SMILES string of the molecule is Cc1cc(-c2nccn2C)nc([C@@H]2CCCN(C(=O)c3ccncc3)C2)n1. The van der Waals surface area contributed by atoms with Gasteiger partial charge < -0.3 is 9.47 Å². The summed E-state index contributed by atoms with van der Waals surface area (Å²) in [6, 6.07) is 5.47. The molecule has 3 aromatic heterocycles. The summed E-state index contributed by atoms with van der Waals surface area (Å²) >= 11 is 0. The molecule has 7 nitrogen and oxygen atoms in total. The maximum absolute atomic E-state index is 12.8. The Bertz CT molecular complexity index is 952. The van der Waals surface area contributed by atoms with Crippen LogP contribution in [0.4, 0.5) is 0 Å². The molecule has 0 spiro atoms. The first kappa shape index (κ1) is 17.3. The number of carbonyl (C=O) groups is 1. The fourth-order valence-corrected chi connectivity index (χ4v) is 3.55. The van der Waals surface area contributed by atoms with Crippen molar-refractivity contribution in [3.05, 3.63) is 60.1 Å². The monoisotopic (exact) mass is 362 g/mol. The number of aryl methyl sites for hydroxylation is 2. The van der Waals surface area contributed by atoms with Gasteiger partial charge >= 0.3 is 0 Å². The van der Waals surface area contributed by atoms with Gasteiger partial charge in [0.05, 0.1) is 0 Å². The van der Waals surface area contributed by atoms with Gasteiger partial charge in [0.15, 0.2) is 5.82 Å². The summed E-state index contributed by atoms with van der Waals surface area (Å²) in [5.74, 6) is 1.78. The average molecular weight is 362 g/mol. The third-order valence-electron chi connectivity index (χ3n) is 4.92. The predicted octanol–water partition coefficient (Wildman–Crippen LogP) is 2.60. The van der Waals surface area contributed by atoms with Crippen molar-refractivity contribution in [1.29, 1.82) is 0 Å². The van der Waals surface area contributed by atoms with Gasteiger partial charge in [0.25, 0.3) is 5.91 Å². The maximum atomic E-state index is 12.8. The molecule has 0 aliphatic carbocycles. The molecule has 1 saturated heterocycles. The summed E-state index contributed by atoms with van der Waals surface area (Å²) in [4.78, 5) is 32.5. The van der Waals surface area contributed by atoms with Crippen molar-refractivity contribution < 1.29 is 4.79 Å². The lowest BCUT2D eigenvalue weighted by Crippen LogP contribution is -2.39. The van der Waals surface area contributed by atoms with Crippen molar-refractivity contribution in [3.63, 3.8) is 0 Å². The smallest absolute Gasteiger partial charge is 0.253 e. The molecule has 138 valence electrons. The lowest BCUT2D eigenvalue weighted by atomic mass is 9.96. The molecule has 0 unspecified atom stereocenters. The van der Waals surface area contributed by atoms with E-state index in [-0.39, 0.29) is 11.8 Å².